The van der Waals surface area contributed by atoms with Crippen molar-refractivity contribution in [1.29, 1.82) is 0 Å². The fourth-order valence-corrected chi connectivity index (χ4v) is 3.21. The highest BCUT2D eigenvalue weighted by Gasteiger charge is 2.17. The molecule has 3 N–H and O–H groups in total. The van der Waals surface area contributed by atoms with Crippen LogP contribution in [-0.2, 0) is 12.8 Å². The highest BCUT2D eigenvalue weighted by Crippen LogP contribution is 2.33. The fraction of sp³-hybridized carbons (Fsp3) is 0.500. The highest BCUT2D eigenvalue weighted by atomic mass is 16.3. The lowest BCUT2D eigenvalue weighted by atomic mass is 9.92. The predicted octanol–water partition coefficient (Wildman–Crippen LogP) is 2.50. The van der Waals surface area contributed by atoms with Gasteiger partial charge in [-0.3, -0.25) is 4.98 Å². The maximum absolute atomic E-state index is 8.77. The molecule has 118 valence electrons. The molecule has 0 radical (unpaired) electrons. The van der Waals surface area contributed by atoms with Crippen LogP contribution in [0.25, 0.3) is 10.9 Å². The van der Waals surface area contributed by atoms with E-state index in [2.05, 4.69) is 34.9 Å². The van der Waals surface area contributed by atoms with Crippen molar-refractivity contribution in [3.63, 3.8) is 0 Å². The van der Waals surface area contributed by atoms with Crippen LogP contribution in [0.5, 0.6) is 0 Å². The monoisotopic (exact) mass is 299 g/mol. The number of fused-ring (bicyclic) bond motifs is 2. The largest absolute Gasteiger partial charge is 0.395 e. The van der Waals surface area contributed by atoms with Gasteiger partial charge >= 0.3 is 0 Å². The Labute approximate surface area is 132 Å². The van der Waals surface area contributed by atoms with Crippen LogP contribution in [0.3, 0.4) is 0 Å². The molecule has 0 atom stereocenters. The second-order valence-electron chi connectivity index (χ2n) is 5.89. The molecule has 0 aliphatic heterocycles. The quantitative estimate of drug-likeness (QED) is 0.688. The molecule has 1 aliphatic carbocycles. The van der Waals surface area contributed by atoms with Gasteiger partial charge in [-0.25, -0.2) is 0 Å². The summed E-state index contributed by atoms with van der Waals surface area (Å²) in [5.41, 5.74) is 5.10. The predicted molar refractivity (Wildman–Crippen MR) is 91.4 cm³/mol. The number of aromatic nitrogens is 1. The molecule has 1 aromatic carbocycles. The second-order valence-corrected chi connectivity index (χ2v) is 5.89. The van der Waals surface area contributed by atoms with Gasteiger partial charge in [0.1, 0.15) is 0 Å². The minimum atomic E-state index is 0.204. The molecular formula is C18H25N3O. The Bertz CT molecular complexity index is 627. The first-order valence-electron chi connectivity index (χ1n) is 8.36. The molecule has 1 aromatic heterocycles. The lowest BCUT2D eigenvalue weighted by molar-refractivity contribution is 0.292. The number of aryl methyl sites for hydroxylation is 1. The molecule has 0 spiro atoms. The van der Waals surface area contributed by atoms with E-state index in [1.807, 2.05) is 0 Å². The third-order valence-corrected chi connectivity index (χ3v) is 4.29. The Morgan fingerprint density at radius 1 is 1.05 bits per heavy atom. The second kappa shape index (κ2) is 7.56. The third-order valence-electron chi connectivity index (χ3n) is 4.29. The zero-order valence-electron chi connectivity index (χ0n) is 13.1. The maximum atomic E-state index is 8.77. The molecule has 22 heavy (non-hydrogen) atoms. The molecule has 2 aromatic rings. The van der Waals surface area contributed by atoms with Crippen molar-refractivity contribution in [2.24, 2.45) is 0 Å². The number of hydrogen-bond acceptors (Lipinski definition) is 4. The van der Waals surface area contributed by atoms with E-state index in [0.29, 0.717) is 6.54 Å². The van der Waals surface area contributed by atoms with E-state index in [1.165, 1.54) is 35.2 Å². The lowest BCUT2D eigenvalue weighted by Gasteiger charge is -2.21. The molecule has 1 aliphatic rings. The number of hydrogen-bond donors (Lipinski definition) is 3. The number of para-hydroxylation sites is 1. The zero-order chi connectivity index (χ0) is 15.2. The van der Waals surface area contributed by atoms with Crippen LogP contribution in [0.2, 0.25) is 0 Å². The molecule has 4 nitrogen and oxygen atoms in total. The van der Waals surface area contributed by atoms with Crippen LogP contribution in [0.1, 0.15) is 30.5 Å². The van der Waals surface area contributed by atoms with Gasteiger partial charge in [0.15, 0.2) is 0 Å². The topological polar surface area (TPSA) is 57.2 Å². The van der Waals surface area contributed by atoms with Crippen molar-refractivity contribution in [3.05, 3.63) is 35.5 Å². The zero-order valence-corrected chi connectivity index (χ0v) is 13.1. The van der Waals surface area contributed by atoms with Gasteiger partial charge in [0, 0.05) is 29.9 Å². The molecule has 0 bridgehead atoms. The third kappa shape index (κ3) is 3.39. The van der Waals surface area contributed by atoms with Gasteiger partial charge in [-0.05, 0) is 50.3 Å². The van der Waals surface area contributed by atoms with Gasteiger partial charge in [-0.1, -0.05) is 18.2 Å². The number of benzene rings is 1. The highest BCUT2D eigenvalue weighted by molar-refractivity contribution is 5.93. The summed E-state index contributed by atoms with van der Waals surface area (Å²) in [6, 6.07) is 8.43. The summed E-state index contributed by atoms with van der Waals surface area (Å²) in [6.45, 7) is 2.75. The first-order chi connectivity index (χ1) is 10.9. The molecule has 0 amide bonds. The van der Waals surface area contributed by atoms with Crippen molar-refractivity contribution in [3.8, 4) is 0 Å². The standard InChI is InChI=1S/C18H25N3O/c22-13-12-19-10-5-11-20-18-14-6-1-3-8-16(14)21-17-9-4-2-7-15(17)18/h1,3,6,8,19,22H,2,4-5,7,9-13H2,(H,20,21). The summed E-state index contributed by atoms with van der Waals surface area (Å²) in [4.78, 5) is 4.87. The average molecular weight is 299 g/mol. The van der Waals surface area contributed by atoms with E-state index in [-0.39, 0.29) is 6.61 Å². The first kappa shape index (κ1) is 15.3. The summed E-state index contributed by atoms with van der Waals surface area (Å²) < 4.78 is 0. The fourth-order valence-electron chi connectivity index (χ4n) is 3.21. The van der Waals surface area contributed by atoms with Crippen molar-refractivity contribution in [2.75, 3.05) is 31.6 Å². The normalized spacial score (nSPS) is 14.0. The van der Waals surface area contributed by atoms with Gasteiger partial charge < -0.3 is 15.7 Å². The number of nitrogens with one attached hydrogen (secondary N) is 2. The van der Waals surface area contributed by atoms with Crippen LogP contribution in [0.15, 0.2) is 24.3 Å². The number of nitrogens with zero attached hydrogens (tertiary/aromatic N) is 1. The van der Waals surface area contributed by atoms with Crippen LogP contribution >= 0.6 is 0 Å². The number of pyridine rings is 1. The van der Waals surface area contributed by atoms with E-state index in [1.54, 1.807) is 0 Å². The van der Waals surface area contributed by atoms with E-state index >= 15 is 0 Å². The smallest absolute Gasteiger partial charge is 0.0726 e. The van der Waals surface area contributed by atoms with Gasteiger partial charge in [0.25, 0.3) is 0 Å². The minimum Gasteiger partial charge on any atom is -0.395 e. The SMILES string of the molecule is OCCNCCCNc1c2c(nc3ccccc13)CCCC2. The van der Waals surface area contributed by atoms with Crippen molar-refractivity contribution in [1.82, 2.24) is 10.3 Å². The van der Waals surface area contributed by atoms with Crippen LogP contribution < -0.4 is 10.6 Å². The van der Waals surface area contributed by atoms with E-state index in [0.717, 1.165) is 37.9 Å². The Hall–Kier alpha value is -1.65. The van der Waals surface area contributed by atoms with E-state index in [9.17, 15) is 0 Å². The molecule has 0 saturated carbocycles. The first-order valence-corrected chi connectivity index (χ1v) is 8.36. The van der Waals surface area contributed by atoms with E-state index in [4.69, 9.17) is 10.1 Å². The van der Waals surface area contributed by atoms with Crippen molar-refractivity contribution in [2.45, 2.75) is 32.1 Å². The number of aliphatic hydroxyl groups is 1. The van der Waals surface area contributed by atoms with Crippen molar-refractivity contribution >= 4 is 16.6 Å². The molecule has 1 heterocycles. The molecule has 0 unspecified atom stereocenters. The summed E-state index contributed by atoms with van der Waals surface area (Å²) in [5, 5.41) is 16.9. The number of rotatable bonds is 7. The summed E-state index contributed by atoms with van der Waals surface area (Å²) in [7, 11) is 0. The Morgan fingerprint density at radius 2 is 1.91 bits per heavy atom. The Kier molecular flexibility index (Phi) is 5.24. The Morgan fingerprint density at radius 3 is 2.82 bits per heavy atom. The summed E-state index contributed by atoms with van der Waals surface area (Å²) in [6.07, 6.45) is 5.80. The molecule has 3 rings (SSSR count). The van der Waals surface area contributed by atoms with Crippen LogP contribution in [-0.4, -0.2) is 36.3 Å². The molecule has 4 heteroatoms. The summed E-state index contributed by atoms with van der Waals surface area (Å²) >= 11 is 0. The Balaban J connectivity index is 1.77. The molecular weight excluding hydrogens is 274 g/mol. The van der Waals surface area contributed by atoms with Crippen molar-refractivity contribution < 1.29 is 5.11 Å². The van der Waals surface area contributed by atoms with Gasteiger partial charge in [0.2, 0.25) is 0 Å². The van der Waals surface area contributed by atoms with Gasteiger partial charge in [-0.15, -0.1) is 0 Å². The molecule has 0 fully saturated rings. The number of aliphatic hydroxyl groups excluding tert-OH is 1. The maximum Gasteiger partial charge on any atom is 0.0726 e. The number of anilines is 1. The summed E-state index contributed by atoms with van der Waals surface area (Å²) in [5.74, 6) is 0. The minimum absolute atomic E-state index is 0.204. The lowest BCUT2D eigenvalue weighted by Crippen LogP contribution is -2.21. The van der Waals surface area contributed by atoms with Crippen LogP contribution in [0, 0.1) is 0 Å². The molecule has 0 saturated heterocycles. The van der Waals surface area contributed by atoms with E-state index < -0.39 is 0 Å². The average Bonchev–Trinajstić information content (AvgIpc) is 2.57. The van der Waals surface area contributed by atoms with Gasteiger partial charge in [0.05, 0.1) is 12.1 Å². The van der Waals surface area contributed by atoms with Gasteiger partial charge in [-0.2, -0.15) is 0 Å². The van der Waals surface area contributed by atoms with Crippen LogP contribution in [0.4, 0.5) is 5.69 Å².